The minimum atomic E-state index is 0.213. The Hall–Kier alpha value is -2.40. The highest BCUT2D eigenvalue weighted by Crippen LogP contribution is 2.30. The highest BCUT2D eigenvalue weighted by Gasteiger charge is 2.20. The lowest BCUT2D eigenvalue weighted by molar-refractivity contribution is 0.319. The fourth-order valence-corrected chi connectivity index (χ4v) is 4.09. The second-order valence-corrected chi connectivity index (χ2v) is 7.64. The summed E-state index contributed by atoms with van der Waals surface area (Å²) in [5.41, 5.74) is 1.22. The Bertz CT molecular complexity index is 976. The fraction of sp³-hybridized carbons (Fsp3) is 0.263. The van der Waals surface area contributed by atoms with Crippen molar-refractivity contribution < 1.29 is 0 Å². The van der Waals surface area contributed by atoms with Gasteiger partial charge in [-0.2, -0.15) is 5.26 Å². The summed E-state index contributed by atoms with van der Waals surface area (Å²) in [5, 5.41) is 19.7. The van der Waals surface area contributed by atoms with Crippen LogP contribution in [0.1, 0.15) is 24.4 Å². The maximum absolute atomic E-state index is 9.16. The molecule has 0 spiro atoms. The van der Waals surface area contributed by atoms with Crippen LogP contribution in [0.5, 0.6) is 0 Å². The summed E-state index contributed by atoms with van der Waals surface area (Å²) in [5.74, 6) is 0.903. The SMILES string of the molecule is N#Cc1nc(Sc2nnc(CN3CCCC3)n2-c2ccccc2)ccc1Cl. The number of nitrogens with zero attached hydrogens (tertiary/aromatic N) is 6. The van der Waals surface area contributed by atoms with Crippen molar-refractivity contribution in [2.75, 3.05) is 13.1 Å². The van der Waals surface area contributed by atoms with E-state index in [1.165, 1.54) is 24.6 Å². The predicted octanol–water partition coefficient (Wildman–Crippen LogP) is 3.93. The Morgan fingerprint density at radius 1 is 1.07 bits per heavy atom. The van der Waals surface area contributed by atoms with E-state index < -0.39 is 0 Å². The summed E-state index contributed by atoms with van der Waals surface area (Å²) in [6.07, 6.45) is 2.46. The molecule has 2 aromatic heterocycles. The first-order valence-electron chi connectivity index (χ1n) is 8.71. The van der Waals surface area contributed by atoms with E-state index in [1.54, 1.807) is 12.1 Å². The molecule has 0 unspecified atom stereocenters. The summed E-state index contributed by atoms with van der Waals surface area (Å²) in [6.45, 7) is 2.95. The molecule has 3 aromatic rings. The third-order valence-electron chi connectivity index (χ3n) is 4.40. The number of benzene rings is 1. The molecular formula is C19H17ClN6S. The zero-order valence-corrected chi connectivity index (χ0v) is 16.1. The van der Waals surface area contributed by atoms with E-state index in [2.05, 4.69) is 24.6 Å². The molecule has 4 rings (SSSR count). The van der Waals surface area contributed by atoms with Crippen molar-refractivity contribution in [3.63, 3.8) is 0 Å². The molecule has 0 N–H and O–H groups in total. The number of halogens is 1. The first-order valence-corrected chi connectivity index (χ1v) is 9.90. The van der Waals surface area contributed by atoms with Crippen LogP contribution in [0.3, 0.4) is 0 Å². The molecule has 1 aliphatic rings. The fourth-order valence-electron chi connectivity index (χ4n) is 3.10. The number of hydrogen-bond donors (Lipinski definition) is 0. The summed E-state index contributed by atoms with van der Waals surface area (Å²) >= 11 is 7.37. The van der Waals surface area contributed by atoms with Crippen LogP contribution in [0.15, 0.2) is 52.6 Å². The van der Waals surface area contributed by atoms with Crippen LogP contribution in [0.2, 0.25) is 5.02 Å². The van der Waals surface area contributed by atoms with E-state index in [-0.39, 0.29) is 5.69 Å². The van der Waals surface area contributed by atoms with Crippen molar-refractivity contribution >= 4 is 23.4 Å². The third-order valence-corrected chi connectivity index (χ3v) is 5.59. The molecule has 8 heteroatoms. The topological polar surface area (TPSA) is 70.6 Å². The van der Waals surface area contributed by atoms with Gasteiger partial charge in [-0.15, -0.1) is 10.2 Å². The van der Waals surface area contributed by atoms with Gasteiger partial charge in [0.1, 0.15) is 11.1 Å². The minimum Gasteiger partial charge on any atom is -0.296 e. The van der Waals surface area contributed by atoms with E-state index in [4.69, 9.17) is 16.9 Å². The standard InChI is InChI=1S/C19H17ClN6S/c20-15-8-9-18(22-16(15)12-21)27-19-24-23-17(13-25-10-4-5-11-25)26(19)14-6-2-1-3-7-14/h1-3,6-9H,4-5,10-11,13H2. The number of pyridine rings is 1. The third kappa shape index (κ3) is 3.98. The van der Waals surface area contributed by atoms with Crippen molar-refractivity contribution in [1.82, 2.24) is 24.6 Å². The number of para-hydroxylation sites is 1. The molecule has 1 saturated heterocycles. The lowest BCUT2D eigenvalue weighted by Crippen LogP contribution is -2.21. The quantitative estimate of drug-likeness (QED) is 0.650. The van der Waals surface area contributed by atoms with Gasteiger partial charge in [0.05, 0.1) is 11.6 Å². The number of likely N-dealkylation sites (tertiary alicyclic amines) is 1. The number of hydrogen-bond acceptors (Lipinski definition) is 6. The van der Waals surface area contributed by atoms with Gasteiger partial charge in [0.25, 0.3) is 0 Å². The molecule has 1 aromatic carbocycles. The molecular weight excluding hydrogens is 380 g/mol. The average molecular weight is 397 g/mol. The molecule has 136 valence electrons. The minimum absolute atomic E-state index is 0.213. The molecule has 6 nitrogen and oxygen atoms in total. The van der Waals surface area contributed by atoms with Crippen LogP contribution in [0, 0.1) is 11.3 Å². The number of aromatic nitrogens is 4. The molecule has 0 atom stereocenters. The van der Waals surface area contributed by atoms with E-state index >= 15 is 0 Å². The maximum atomic E-state index is 9.16. The first kappa shape index (κ1) is 18.0. The van der Waals surface area contributed by atoms with Gasteiger partial charge in [0.2, 0.25) is 5.16 Å². The van der Waals surface area contributed by atoms with Gasteiger partial charge in [-0.1, -0.05) is 29.8 Å². The van der Waals surface area contributed by atoms with Crippen molar-refractivity contribution in [2.24, 2.45) is 0 Å². The van der Waals surface area contributed by atoms with E-state index in [0.29, 0.717) is 15.2 Å². The van der Waals surface area contributed by atoms with Crippen molar-refractivity contribution in [3.05, 3.63) is 59.0 Å². The molecule has 0 amide bonds. The molecule has 27 heavy (non-hydrogen) atoms. The molecule has 1 aliphatic heterocycles. The van der Waals surface area contributed by atoms with Crippen LogP contribution in [0.4, 0.5) is 0 Å². The molecule has 1 fully saturated rings. The summed E-state index contributed by atoms with van der Waals surface area (Å²) < 4.78 is 2.06. The Morgan fingerprint density at radius 3 is 2.59 bits per heavy atom. The first-order chi connectivity index (χ1) is 13.2. The van der Waals surface area contributed by atoms with Crippen LogP contribution in [0.25, 0.3) is 5.69 Å². The van der Waals surface area contributed by atoms with E-state index in [9.17, 15) is 0 Å². The summed E-state index contributed by atoms with van der Waals surface area (Å²) in [4.78, 5) is 6.71. The molecule has 0 aliphatic carbocycles. The van der Waals surface area contributed by atoms with Crippen molar-refractivity contribution in [1.29, 1.82) is 5.26 Å². The van der Waals surface area contributed by atoms with Gasteiger partial charge in [-0.3, -0.25) is 9.47 Å². The van der Waals surface area contributed by atoms with E-state index in [0.717, 1.165) is 31.1 Å². The Labute approximate surface area is 166 Å². The highest BCUT2D eigenvalue weighted by atomic mass is 35.5. The van der Waals surface area contributed by atoms with Gasteiger partial charge in [0.15, 0.2) is 11.5 Å². The Kier molecular flexibility index (Phi) is 5.39. The second kappa shape index (κ2) is 8.09. The van der Waals surface area contributed by atoms with Gasteiger partial charge in [0, 0.05) is 5.69 Å². The Morgan fingerprint density at radius 2 is 1.85 bits per heavy atom. The van der Waals surface area contributed by atoms with Gasteiger partial charge >= 0.3 is 0 Å². The Balaban J connectivity index is 1.70. The lowest BCUT2D eigenvalue weighted by atomic mass is 10.3. The summed E-state index contributed by atoms with van der Waals surface area (Å²) in [7, 11) is 0. The molecule has 0 saturated carbocycles. The molecule has 3 heterocycles. The van der Waals surface area contributed by atoms with Crippen molar-refractivity contribution in [3.8, 4) is 11.8 Å². The molecule has 0 bridgehead atoms. The van der Waals surface area contributed by atoms with Crippen LogP contribution >= 0.6 is 23.4 Å². The zero-order valence-electron chi connectivity index (χ0n) is 14.5. The van der Waals surface area contributed by atoms with Gasteiger partial charge < -0.3 is 0 Å². The van der Waals surface area contributed by atoms with Gasteiger partial charge in [-0.05, 0) is 62.0 Å². The van der Waals surface area contributed by atoms with Crippen molar-refractivity contribution in [2.45, 2.75) is 29.6 Å². The summed E-state index contributed by atoms with van der Waals surface area (Å²) in [6, 6.07) is 15.5. The van der Waals surface area contributed by atoms with Gasteiger partial charge in [-0.25, -0.2) is 4.98 Å². The predicted molar refractivity (Wildman–Crippen MR) is 104 cm³/mol. The maximum Gasteiger partial charge on any atom is 0.202 e. The normalized spacial score (nSPS) is 14.4. The smallest absolute Gasteiger partial charge is 0.202 e. The average Bonchev–Trinajstić information content (AvgIpc) is 3.34. The van der Waals surface area contributed by atoms with E-state index in [1.807, 2.05) is 36.4 Å². The zero-order chi connectivity index (χ0) is 18.6. The van der Waals surface area contributed by atoms with Crippen LogP contribution < -0.4 is 0 Å². The second-order valence-electron chi connectivity index (χ2n) is 6.25. The number of nitriles is 1. The molecule has 0 radical (unpaired) electrons. The lowest BCUT2D eigenvalue weighted by Gasteiger charge is -2.15. The van der Waals surface area contributed by atoms with Crippen LogP contribution in [-0.2, 0) is 6.54 Å². The largest absolute Gasteiger partial charge is 0.296 e. The highest BCUT2D eigenvalue weighted by molar-refractivity contribution is 7.99. The monoisotopic (exact) mass is 396 g/mol. The number of rotatable bonds is 5. The van der Waals surface area contributed by atoms with Crippen LogP contribution in [-0.4, -0.2) is 37.7 Å².